The van der Waals surface area contributed by atoms with Gasteiger partial charge in [-0.2, -0.15) is 0 Å². The Morgan fingerprint density at radius 2 is 1.60 bits per heavy atom. The number of amides is 3. The van der Waals surface area contributed by atoms with Crippen LogP contribution >= 0.6 is 0 Å². The second-order valence-corrected chi connectivity index (χ2v) is 7.11. The van der Waals surface area contributed by atoms with Crippen LogP contribution in [0.1, 0.15) is 29.6 Å². The van der Waals surface area contributed by atoms with Gasteiger partial charge in [-0.05, 0) is 43.5 Å². The minimum Gasteiger partial charge on any atom is -0.484 e. The molecule has 1 aliphatic rings. The van der Waals surface area contributed by atoms with Crippen molar-refractivity contribution in [3.8, 4) is 5.75 Å². The highest BCUT2D eigenvalue weighted by Crippen LogP contribution is 2.18. The van der Waals surface area contributed by atoms with E-state index in [1.807, 2.05) is 36.4 Å². The third kappa shape index (κ3) is 6.07. The maximum absolute atomic E-state index is 12.5. The van der Waals surface area contributed by atoms with Gasteiger partial charge < -0.3 is 20.3 Å². The lowest BCUT2D eigenvalue weighted by atomic mass is 10.2. The number of nitrogens with one attached hydrogen (secondary N) is 2. The van der Waals surface area contributed by atoms with Crippen LogP contribution in [0.25, 0.3) is 0 Å². The normalized spacial score (nSPS) is 15.5. The van der Waals surface area contributed by atoms with Crippen LogP contribution in [0.2, 0.25) is 0 Å². The molecule has 2 aromatic carbocycles. The summed E-state index contributed by atoms with van der Waals surface area (Å²) in [5.41, 5.74) is 0.611. The Morgan fingerprint density at radius 3 is 2.33 bits per heavy atom. The number of benzene rings is 2. The minimum atomic E-state index is -0.462. The van der Waals surface area contributed by atoms with Gasteiger partial charge in [-0.3, -0.25) is 14.4 Å². The fourth-order valence-corrected chi connectivity index (χ4v) is 3.39. The van der Waals surface area contributed by atoms with Crippen molar-refractivity contribution in [3.63, 3.8) is 0 Å². The van der Waals surface area contributed by atoms with Crippen molar-refractivity contribution < 1.29 is 19.1 Å². The Hall–Kier alpha value is -3.35. The van der Waals surface area contributed by atoms with Gasteiger partial charge >= 0.3 is 0 Å². The van der Waals surface area contributed by atoms with E-state index in [1.165, 1.54) is 0 Å². The summed E-state index contributed by atoms with van der Waals surface area (Å²) >= 11 is 0. The summed E-state index contributed by atoms with van der Waals surface area (Å²) in [6.45, 7) is 1.38. The molecule has 0 unspecified atom stereocenters. The van der Waals surface area contributed by atoms with Crippen molar-refractivity contribution in [2.24, 2.45) is 0 Å². The number of hydrogen-bond donors (Lipinski definition) is 2. The SMILES string of the molecule is O=C(NCCCNC(=O)[C@H]1CCCN1C(=O)COc1ccccc1)c1ccccc1. The lowest BCUT2D eigenvalue weighted by Crippen LogP contribution is -2.47. The highest BCUT2D eigenvalue weighted by atomic mass is 16.5. The first-order valence-corrected chi connectivity index (χ1v) is 10.2. The maximum Gasteiger partial charge on any atom is 0.261 e. The number of hydrogen-bond acceptors (Lipinski definition) is 4. The molecule has 0 radical (unpaired) electrons. The third-order valence-corrected chi connectivity index (χ3v) is 4.96. The molecule has 0 aromatic heterocycles. The molecule has 2 N–H and O–H groups in total. The van der Waals surface area contributed by atoms with Crippen molar-refractivity contribution in [1.29, 1.82) is 0 Å². The molecule has 0 bridgehead atoms. The monoisotopic (exact) mass is 409 g/mol. The van der Waals surface area contributed by atoms with Crippen LogP contribution in [0, 0.1) is 0 Å². The number of carbonyl (C=O) groups excluding carboxylic acids is 3. The van der Waals surface area contributed by atoms with Gasteiger partial charge in [-0.25, -0.2) is 0 Å². The number of para-hydroxylation sites is 1. The van der Waals surface area contributed by atoms with E-state index in [-0.39, 0.29) is 24.3 Å². The first-order chi connectivity index (χ1) is 14.6. The molecule has 1 aliphatic heterocycles. The van der Waals surface area contributed by atoms with Gasteiger partial charge in [-0.15, -0.1) is 0 Å². The van der Waals surface area contributed by atoms with E-state index in [0.29, 0.717) is 43.8 Å². The first kappa shape index (κ1) is 21.4. The van der Waals surface area contributed by atoms with Gasteiger partial charge in [0.2, 0.25) is 5.91 Å². The first-order valence-electron chi connectivity index (χ1n) is 10.2. The molecule has 3 amide bonds. The minimum absolute atomic E-state index is 0.0840. The Morgan fingerprint density at radius 1 is 0.933 bits per heavy atom. The number of rotatable bonds is 9. The van der Waals surface area contributed by atoms with Crippen LogP contribution < -0.4 is 15.4 Å². The topological polar surface area (TPSA) is 87.7 Å². The summed E-state index contributed by atoms with van der Waals surface area (Å²) in [7, 11) is 0. The van der Waals surface area contributed by atoms with Gasteiger partial charge in [0.25, 0.3) is 11.8 Å². The van der Waals surface area contributed by atoms with Crippen molar-refractivity contribution in [2.75, 3.05) is 26.2 Å². The summed E-state index contributed by atoms with van der Waals surface area (Å²) in [4.78, 5) is 38.6. The lowest BCUT2D eigenvalue weighted by molar-refractivity contribution is -0.139. The molecule has 0 spiro atoms. The lowest BCUT2D eigenvalue weighted by Gasteiger charge is -2.24. The van der Waals surface area contributed by atoms with Gasteiger partial charge in [0, 0.05) is 25.2 Å². The predicted molar refractivity (Wildman–Crippen MR) is 113 cm³/mol. The molecule has 30 heavy (non-hydrogen) atoms. The van der Waals surface area contributed by atoms with Crippen molar-refractivity contribution >= 4 is 17.7 Å². The molecular weight excluding hydrogens is 382 g/mol. The average Bonchev–Trinajstić information content (AvgIpc) is 3.28. The molecule has 0 saturated carbocycles. The summed E-state index contributed by atoms with van der Waals surface area (Å²) in [6.07, 6.45) is 2.05. The second kappa shape index (κ2) is 11.0. The maximum atomic E-state index is 12.5. The molecule has 1 heterocycles. The predicted octanol–water partition coefficient (Wildman–Crippen LogP) is 1.99. The highest BCUT2D eigenvalue weighted by molar-refractivity contribution is 5.94. The summed E-state index contributed by atoms with van der Waals surface area (Å²) < 4.78 is 5.52. The smallest absolute Gasteiger partial charge is 0.261 e. The number of likely N-dealkylation sites (tertiary alicyclic amines) is 1. The molecule has 3 rings (SSSR count). The van der Waals surface area contributed by atoms with Crippen LogP contribution in [0.3, 0.4) is 0 Å². The molecule has 1 fully saturated rings. The van der Waals surface area contributed by atoms with E-state index in [2.05, 4.69) is 10.6 Å². The summed E-state index contributed by atoms with van der Waals surface area (Å²) in [6, 6.07) is 17.7. The molecule has 7 heteroatoms. The third-order valence-electron chi connectivity index (χ3n) is 4.96. The van der Waals surface area contributed by atoms with Gasteiger partial charge in [0.15, 0.2) is 6.61 Å². The molecule has 1 atom stereocenters. The van der Waals surface area contributed by atoms with Crippen molar-refractivity contribution in [1.82, 2.24) is 15.5 Å². The van der Waals surface area contributed by atoms with Crippen LogP contribution in [0.4, 0.5) is 0 Å². The van der Waals surface area contributed by atoms with E-state index >= 15 is 0 Å². The molecule has 1 saturated heterocycles. The van der Waals surface area contributed by atoms with Crippen LogP contribution in [0.5, 0.6) is 5.75 Å². The van der Waals surface area contributed by atoms with E-state index < -0.39 is 6.04 Å². The quantitative estimate of drug-likeness (QED) is 0.620. The van der Waals surface area contributed by atoms with Crippen molar-refractivity contribution in [2.45, 2.75) is 25.3 Å². The Kier molecular flexibility index (Phi) is 7.83. The van der Waals surface area contributed by atoms with Crippen LogP contribution in [-0.4, -0.2) is 54.9 Å². The van der Waals surface area contributed by atoms with Gasteiger partial charge in [-0.1, -0.05) is 36.4 Å². The molecular formula is C23H27N3O4. The number of carbonyl (C=O) groups is 3. The standard InChI is InChI=1S/C23H27N3O4/c27-21(17-30-19-11-5-2-6-12-19)26-16-7-13-20(26)23(29)25-15-8-14-24-22(28)18-9-3-1-4-10-18/h1-6,9-12,20H,7-8,13-17H2,(H,24,28)(H,25,29)/t20-/m1/s1. The average molecular weight is 409 g/mol. The van der Waals surface area contributed by atoms with Crippen LogP contribution in [-0.2, 0) is 9.59 Å². The fourth-order valence-electron chi connectivity index (χ4n) is 3.39. The Labute approximate surface area is 176 Å². The molecule has 158 valence electrons. The zero-order valence-electron chi connectivity index (χ0n) is 16.9. The second-order valence-electron chi connectivity index (χ2n) is 7.11. The van der Waals surface area contributed by atoms with E-state index in [0.717, 1.165) is 6.42 Å². The number of ether oxygens (including phenoxy) is 1. The molecule has 0 aliphatic carbocycles. The molecule has 2 aromatic rings. The molecule has 7 nitrogen and oxygen atoms in total. The van der Waals surface area contributed by atoms with Crippen LogP contribution in [0.15, 0.2) is 60.7 Å². The van der Waals surface area contributed by atoms with Gasteiger partial charge in [0.05, 0.1) is 0 Å². The Bertz CT molecular complexity index is 842. The fraction of sp³-hybridized carbons (Fsp3) is 0.348. The zero-order valence-corrected chi connectivity index (χ0v) is 16.9. The van der Waals surface area contributed by atoms with Crippen molar-refractivity contribution in [3.05, 3.63) is 66.2 Å². The largest absolute Gasteiger partial charge is 0.484 e. The number of nitrogens with zero attached hydrogens (tertiary/aromatic N) is 1. The Balaban J connectivity index is 1.36. The summed E-state index contributed by atoms with van der Waals surface area (Å²) in [5, 5.41) is 5.70. The van der Waals surface area contributed by atoms with E-state index in [1.54, 1.807) is 29.2 Å². The summed E-state index contributed by atoms with van der Waals surface area (Å²) in [5.74, 6) is 0.151. The van der Waals surface area contributed by atoms with Gasteiger partial charge in [0.1, 0.15) is 11.8 Å². The zero-order chi connectivity index (χ0) is 21.2. The van der Waals surface area contributed by atoms with E-state index in [4.69, 9.17) is 4.74 Å². The highest BCUT2D eigenvalue weighted by Gasteiger charge is 2.33. The van der Waals surface area contributed by atoms with E-state index in [9.17, 15) is 14.4 Å².